The number of nitrogens with one attached hydrogen (secondary N) is 1. The summed E-state index contributed by atoms with van der Waals surface area (Å²) in [6.07, 6.45) is 7.50. The fourth-order valence-corrected chi connectivity index (χ4v) is 3.75. The van der Waals surface area contributed by atoms with Crippen molar-refractivity contribution in [2.75, 3.05) is 44.2 Å². The number of hydrogen-bond donors (Lipinski definition) is 1. The van der Waals surface area contributed by atoms with Gasteiger partial charge < -0.3 is 19.8 Å². The van der Waals surface area contributed by atoms with Crippen molar-refractivity contribution in [1.29, 1.82) is 0 Å². The number of aldehydes is 1. The molecule has 2 aliphatic heterocycles. The molecule has 0 amide bonds. The van der Waals surface area contributed by atoms with Crippen molar-refractivity contribution < 1.29 is 14.4 Å². The number of piperazine rings is 1. The van der Waals surface area contributed by atoms with Gasteiger partial charge in [-0.1, -0.05) is 0 Å². The van der Waals surface area contributed by atoms with Gasteiger partial charge in [0, 0.05) is 43.5 Å². The van der Waals surface area contributed by atoms with Gasteiger partial charge in [-0.25, -0.2) is 0 Å². The topological polar surface area (TPSA) is 74.8 Å². The van der Waals surface area contributed by atoms with Crippen molar-refractivity contribution >= 4 is 17.9 Å². The van der Waals surface area contributed by atoms with E-state index in [1.54, 1.807) is 17.5 Å². The van der Waals surface area contributed by atoms with E-state index in [4.69, 9.17) is 4.84 Å². The van der Waals surface area contributed by atoms with Crippen LogP contribution in [0.1, 0.15) is 25.7 Å². The first-order valence-corrected chi connectivity index (χ1v) is 9.53. The van der Waals surface area contributed by atoms with Gasteiger partial charge in [0.05, 0.1) is 13.1 Å². The SMILES string of the molecule is O=CC(CCC(=O)ON1CCN(c2ccncc2)CC1)C1CCNCC1. The summed E-state index contributed by atoms with van der Waals surface area (Å²) < 4.78 is 0. The van der Waals surface area contributed by atoms with Gasteiger partial charge >= 0.3 is 5.97 Å². The lowest BCUT2D eigenvalue weighted by molar-refractivity contribution is -0.192. The Morgan fingerprint density at radius 2 is 1.92 bits per heavy atom. The third kappa shape index (κ3) is 5.25. The van der Waals surface area contributed by atoms with Gasteiger partial charge in [-0.05, 0) is 50.4 Å². The van der Waals surface area contributed by atoms with Gasteiger partial charge in [0.2, 0.25) is 0 Å². The quantitative estimate of drug-likeness (QED) is 0.734. The molecule has 0 radical (unpaired) electrons. The Morgan fingerprint density at radius 3 is 2.58 bits per heavy atom. The molecule has 0 spiro atoms. The minimum Gasteiger partial charge on any atom is -0.369 e. The molecule has 1 N–H and O–H groups in total. The third-order valence-corrected chi connectivity index (χ3v) is 5.34. The van der Waals surface area contributed by atoms with Crippen LogP contribution in [0.4, 0.5) is 5.69 Å². The summed E-state index contributed by atoms with van der Waals surface area (Å²) in [6, 6.07) is 3.98. The normalized spacial score (nSPS) is 20.5. The Balaban J connectivity index is 1.38. The fraction of sp³-hybridized carbons (Fsp3) is 0.632. The zero-order valence-corrected chi connectivity index (χ0v) is 15.2. The molecule has 1 aromatic rings. The van der Waals surface area contributed by atoms with Crippen LogP contribution < -0.4 is 10.2 Å². The lowest BCUT2D eigenvalue weighted by Crippen LogP contribution is -2.47. The number of piperidine rings is 1. The molecule has 1 unspecified atom stereocenters. The van der Waals surface area contributed by atoms with Gasteiger partial charge in [0.25, 0.3) is 0 Å². The second-order valence-electron chi connectivity index (χ2n) is 7.01. The van der Waals surface area contributed by atoms with Crippen LogP contribution in [0.3, 0.4) is 0 Å². The van der Waals surface area contributed by atoms with Crippen LogP contribution >= 0.6 is 0 Å². The number of carbonyl (C=O) groups is 2. The molecule has 26 heavy (non-hydrogen) atoms. The Morgan fingerprint density at radius 1 is 1.23 bits per heavy atom. The first-order chi connectivity index (χ1) is 12.8. The summed E-state index contributed by atoms with van der Waals surface area (Å²) in [5.74, 6) is 0.127. The Hall–Kier alpha value is -1.99. The third-order valence-electron chi connectivity index (χ3n) is 5.34. The lowest BCUT2D eigenvalue weighted by atomic mass is 9.83. The van der Waals surface area contributed by atoms with Crippen LogP contribution in [-0.2, 0) is 14.4 Å². The highest BCUT2D eigenvalue weighted by Gasteiger charge is 2.25. The maximum Gasteiger partial charge on any atom is 0.325 e. The number of nitrogens with zero attached hydrogens (tertiary/aromatic N) is 3. The van der Waals surface area contributed by atoms with Gasteiger partial charge in [0.1, 0.15) is 6.29 Å². The van der Waals surface area contributed by atoms with E-state index in [2.05, 4.69) is 15.2 Å². The maximum atomic E-state index is 12.2. The number of anilines is 1. The van der Waals surface area contributed by atoms with Crippen molar-refractivity contribution in [2.45, 2.75) is 25.7 Å². The molecule has 142 valence electrons. The maximum absolute atomic E-state index is 12.2. The van der Waals surface area contributed by atoms with E-state index in [1.165, 1.54) is 0 Å². The van der Waals surface area contributed by atoms with E-state index < -0.39 is 0 Å². The number of hydroxylamine groups is 2. The van der Waals surface area contributed by atoms with Crippen molar-refractivity contribution in [1.82, 2.24) is 15.4 Å². The molecule has 2 aliphatic rings. The van der Waals surface area contributed by atoms with E-state index in [-0.39, 0.29) is 11.9 Å². The summed E-state index contributed by atoms with van der Waals surface area (Å²) in [5, 5.41) is 5.04. The molecule has 2 fully saturated rings. The Bertz CT molecular complexity index is 569. The van der Waals surface area contributed by atoms with Crippen LogP contribution in [0, 0.1) is 11.8 Å². The first-order valence-electron chi connectivity index (χ1n) is 9.53. The monoisotopic (exact) mass is 360 g/mol. The minimum atomic E-state index is -0.233. The van der Waals surface area contributed by atoms with Gasteiger partial charge in [-0.3, -0.25) is 9.78 Å². The molecule has 7 nitrogen and oxygen atoms in total. The van der Waals surface area contributed by atoms with Crippen molar-refractivity contribution in [3.05, 3.63) is 24.5 Å². The summed E-state index contributed by atoms with van der Waals surface area (Å²) >= 11 is 0. The van der Waals surface area contributed by atoms with Crippen molar-refractivity contribution in [2.24, 2.45) is 11.8 Å². The van der Waals surface area contributed by atoms with E-state index in [0.29, 0.717) is 31.8 Å². The van der Waals surface area contributed by atoms with Crippen LogP contribution in [0.25, 0.3) is 0 Å². The molecular formula is C19H28N4O3. The summed E-state index contributed by atoms with van der Waals surface area (Å²) in [6.45, 7) is 4.90. The zero-order valence-electron chi connectivity index (χ0n) is 15.2. The van der Waals surface area contributed by atoms with Crippen molar-refractivity contribution in [3.8, 4) is 0 Å². The van der Waals surface area contributed by atoms with E-state index in [9.17, 15) is 9.59 Å². The molecule has 0 bridgehead atoms. The minimum absolute atomic E-state index is 0.0341. The zero-order chi connectivity index (χ0) is 18.2. The predicted octanol–water partition coefficient (Wildman–Crippen LogP) is 1.26. The molecule has 1 atom stereocenters. The molecule has 7 heteroatoms. The molecule has 0 aliphatic carbocycles. The van der Waals surface area contributed by atoms with Crippen LogP contribution in [0.5, 0.6) is 0 Å². The largest absolute Gasteiger partial charge is 0.369 e. The number of carbonyl (C=O) groups excluding carboxylic acids is 2. The highest BCUT2D eigenvalue weighted by Crippen LogP contribution is 2.24. The Kier molecular flexibility index (Phi) is 6.96. The summed E-state index contributed by atoms with van der Waals surface area (Å²) in [4.78, 5) is 35.3. The number of pyridine rings is 1. The smallest absolute Gasteiger partial charge is 0.325 e. The first kappa shape index (κ1) is 18.8. The molecule has 3 heterocycles. The van der Waals surface area contributed by atoms with Gasteiger partial charge in [-0.15, -0.1) is 5.06 Å². The number of rotatable bonds is 7. The molecule has 3 rings (SSSR count). The number of hydrogen-bond acceptors (Lipinski definition) is 7. The van der Waals surface area contributed by atoms with Crippen LogP contribution in [-0.4, -0.2) is 61.6 Å². The van der Waals surface area contributed by atoms with E-state index >= 15 is 0 Å². The molecule has 2 saturated heterocycles. The molecular weight excluding hydrogens is 332 g/mol. The highest BCUT2D eigenvalue weighted by molar-refractivity contribution is 5.69. The van der Waals surface area contributed by atoms with E-state index in [1.807, 2.05) is 12.1 Å². The highest BCUT2D eigenvalue weighted by atomic mass is 16.7. The van der Waals surface area contributed by atoms with E-state index in [0.717, 1.165) is 51.0 Å². The van der Waals surface area contributed by atoms with Gasteiger partial charge in [-0.2, -0.15) is 0 Å². The average Bonchev–Trinajstić information content (AvgIpc) is 2.70. The van der Waals surface area contributed by atoms with Gasteiger partial charge in [0.15, 0.2) is 0 Å². The van der Waals surface area contributed by atoms with Crippen LogP contribution in [0.15, 0.2) is 24.5 Å². The summed E-state index contributed by atoms with van der Waals surface area (Å²) in [5.41, 5.74) is 1.14. The second kappa shape index (κ2) is 9.64. The number of aromatic nitrogens is 1. The lowest BCUT2D eigenvalue weighted by Gasteiger charge is -2.34. The fourth-order valence-electron chi connectivity index (χ4n) is 3.75. The molecule has 1 aromatic heterocycles. The average molecular weight is 360 g/mol. The Labute approximate surface area is 154 Å². The summed E-state index contributed by atoms with van der Waals surface area (Å²) in [7, 11) is 0. The molecule has 0 aromatic carbocycles. The predicted molar refractivity (Wildman–Crippen MR) is 98.5 cm³/mol. The molecule has 0 saturated carbocycles. The van der Waals surface area contributed by atoms with Crippen molar-refractivity contribution in [3.63, 3.8) is 0 Å². The second-order valence-corrected chi connectivity index (χ2v) is 7.01. The standard InChI is InChI=1S/C19H28N4O3/c24-15-17(16-3-7-20-8-4-16)1-2-19(25)26-23-13-11-22(12-14-23)18-5-9-21-10-6-18/h5-6,9-10,15-17,20H,1-4,7-8,11-14H2. The van der Waals surface area contributed by atoms with Crippen LogP contribution in [0.2, 0.25) is 0 Å².